The van der Waals surface area contributed by atoms with E-state index >= 15 is 0 Å². The van der Waals surface area contributed by atoms with E-state index in [2.05, 4.69) is 20.9 Å². The predicted molar refractivity (Wildman–Crippen MR) is 131 cm³/mol. The molecule has 1 saturated heterocycles. The first kappa shape index (κ1) is 24.7. The van der Waals surface area contributed by atoms with E-state index in [0.29, 0.717) is 35.5 Å². The molecule has 30 heavy (non-hydrogen) atoms. The van der Waals surface area contributed by atoms with E-state index in [1.165, 1.54) is 12.8 Å². The molecule has 0 spiro atoms. The molecule has 9 heteroatoms. The molecule has 7 nitrogen and oxygen atoms in total. The molecule has 1 saturated carbocycles. The van der Waals surface area contributed by atoms with Crippen LogP contribution >= 0.6 is 35.6 Å². The predicted octanol–water partition coefficient (Wildman–Crippen LogP) is 2.64. The highest BCUT2D eigenvalue weighted by Crippen LogP contribution is 2.27. The summed E-state index contributed by atoms with van der Waals surface area (Å²) in [5.74, 6) is 1.03. The Hall–Kier alpha value is -1.55. The Morgan fingerprint density at radius 3 is 2.53 bits per heavy atom. The number of amides is 2. The first-order chi connectivity index (χ1) is 14.1. The van der Waals surface area contributed by atoms with Crippen LogP contribution in [0.5, 0.6) is 0 Å². The number of benzene rings is 1. The van der Waals surface area contributed by atoms with E-state index in [1.54, 1.807) is 31.3 Å². The number of nitrogens with one attached hydrogen (secondary N) is 3. The minimum absolute atomic E-state index is 0. The number of halogens is 2. The highest BCUT2D eigenvalue weighted by Gasteiger charge is 2.32. The summed E-state index contributed by atoms with van der Waals surface area (Å²) in [5.41, 5.74) is 0.467. The lowest BCUT2D eigenvalue weighted by molar-refractivity contribution is -0.134. The van der Waals surface area contributed by atoms with E-state index < -0.39 is 0 Å². The summed E-state index contributed by atoms with van der Waals surface area (Å²) in [6.07, 6.45) is 5.35. The Bertz CT molecular complexity index is 755. The maximum absolute atomic E-state index is 12.6. The SMILES string of the molecule is CN=C(NCCNC(=O)c1ccccc1Cl)NC1CCN(C(=O)C2CCCC2)C1.I. The van der Waals surface area contributed by atoms with Crippen LogP contribution in [-0.2, 0) is 4.79 Å². The number of carbonyl (C=O) groups excluding carboxylic acids is 2. The second-order valence-corrected chi connectivity index (χ2v) is 8.04. The van der Waals surface area contributed by atoms with Crippen molar-refractivity contribution in [3.63, 3.8) is 0 Å². The maximum atomic E-state index is 12.6. The Labute approximate surface area is 200 Å². The third-order valence-corrected chi connectivity index (χ3v) is 5.92. The Morgan fingerprint density at radius 1 is 1.13 bits per heavy atom. The van der Waals surface area contributed by atoms with Crippen LogP contribution in [0.15, 0.2) is 29.3 Å². The first-order valence-electron chi connectivity index (χ1n) is 10.4. The molecule has 2 aliphatic rings. The van der Waals surface area contributed by atoms with Gasteiger partial charge in [0.05, 0.1) is 10.6 Å². The van der Waals surface area contributed by atoms with E-state index in [1.807, 2.05) is 4.90 Å². The zero-order valence-electron chi connectivity index (χ0n) is 17.3. The minimum atomic E-state index is -0.197. The van der Waals surface area contributed by atoms with Gasteiger partial charge < -0.3 is 20.9 Å². The van der Waals surface area contributed by atoms with Gasteiger partial charge in [-0.25, -0.2) is 0 Å². The van der Waals surface area contributed by atoms with Gasteiger partial charge in [-0.3, -0.25) is 14.6 Å². The van der Waals surface area contributed by atoms with Crippen molar-refractivity contribution in [2.75, 3.05) is 33.2 Å². The van der Waals surface area contributed by atoms with E-state index in [-0.39, 0.29) is 41.8 Å². The van der Waals surface area contributed by atoms with Crippen molar-refractivity contribution in [1.82, 2.24) is 20.9 Å². The molecular weight excluding hydrogens is 517 g/mol. The lowest BCUT2D eigenvalue weighted by Crippen LogP contribution is -2.47. The molecule has 0 radical (unpaired) electrons. The quantitative estimate of drug-likeness (QED) is 0.221. The smallest absolute Gasteiger partial charge is 0.252 e. The van der Waals surface area contributed by atoms with Gasteiger partial charge in [0.1, 0.15) is 0 Å². The summed E-state index contributed by atoms with van der Waals surface area (Å²) in [6.45, 7) is 2.51. The second kappa shape index (κ2) is 12.3. The standard InChI is InChI=1S/C21H30ClN5O2.HI/c1-23-21(25-12-11-24-19(28)17-8-4-5-9-18(17)22)26-16-10-13-27(14-16)20(29)15-6-2-3-7-15;/h4-5,8-9,15-16H,2-3,6-7,10-14H2,1H3,(H,24,28)(H2,23,25,26);1H. The summed E-state index contributed by atoms with van der Waals surface area (Å²) in [6, 6.07) is 7.17. The number of hydrogen-bond acceptors (Lipinski definition) is 3. The monoisotopic (exact) mass is 547 g/mol. The van der Waals surface area contributed by atoms with Crippen LogP contribution in [-0.4, -0.2) is 61.9 Å². The second-order valence-electron chi connectivity index (χ2n) is 7.63. The van der Waals surface area contributed by atoms with Crippen molar-refractivity contribution in [3.8, 4) is 0 Å². The fraction of sp³-hybridized carbons (Fsp3) is 0.571. The molecule has 166 valence electrons. The molecule has 1 unspecified atom stereocenters. The number of nitrogens with zero attached hydrogens (tertiary/aromatic N) is 2. The zero-order valence-corrected chi connectivity index (χ0v) is 20.4. The number of aliphatic imine (C=N–C) groups is 1. The van der Waals surface area contributed by atoms with Crippen LogP contribution in [0.4, 0.5) is 0 Å². The van der Waals surface area contributed by atoms with Gasteiger partial charge in [-0.1, -0.05) is 36.6 Å². The number of rotatable bonds is 6. The molecule has 0 aromatic heterocycles. The molecule has 1 heterocycles. The molecule has 2 amide bonds. The van der Waals surface area contributed by atoms with Crippen LogP contribution in [0.2, 0.25) is 5.02 Å². The average Bonchev–Trinajstić information content (AvgIpc) is 3.42. The van der Waals surface area contributed by atoms with E-state index in [4.69, 9.17) is 11.6 Å². The molecule has 2 fully saturated rings. The fourth-order valence-electron chi connectivity index (χ4n) is 3.99. The Kier molecular flexibility index (Phi) is 10.2. The van der Waals surface area contributed by atoms with Crippen LogP contribution in [0.1, 0.15) is 42.5 Å². The summed E-state index contributed by atoms with van der Waals surface area (Å²) in [4.78, 5) is 31.0. The summed E-state index contributed by atoms with van der Waals surface area (Å²) < 4.78 is 0. The first-order valence-corrected chi connectivity index (χ1v) is 10.7. The minimum Gasteiger partial charge on any atom is -0.355 e. The van der Waals surface area contributed by atoms with Gasteiger partial charge in [-0.05, 0) is 31.4 Å². The third-order valence-electron chi connectivity index (χ3n) is 5.59. The van der Waals surface area contributed by atoms with Gasteiger partial charge in [0.25, 0.3) is 5.91 Å². The summed E-state index contributed by atoms with van der Waals surface area (Å²) >= 11 is 6.04. The zero-order chi connectivity index (χ0) is 20.6. The molecule has 1 atom stereocenters. The lowest BCUT2D eigenvalue weighted by Gasteiger charge is -2.21. The van der Waals surface area contributed by atoms with Crippen molar-refractivity contribution in [2.45, 2.75) is 38.1 Å². The van der Waals surface area contributed by atoms with Crippen LogP contribution in [0.3, 0.4) is 0 Å². The van der Waals surface area contributed by atoms with Gasteiger partial charge >= 0.3 is 0 Å². The summed E-state index contributed by atoms with van der Waals surface area (Å²) in [5, 5.41) is 9.87. The third kappa shape index (κ3) is 6.73. The molecule has 3 rings (SSSR count). The van der Waals surface area contributed by atoms with Gasteiger partial charge in [-0.2, -0.15) is 0 Å². The van der Waals surface area contributed by atoms with Crippen molar-refractivity contribution < 1.29 is 9.59 Å². The Morgan fingerprint density at radius 2 is 1.83 bits per heavy atom. The van der Waals surface area contributed by atoms with Gasteiger partial charge in [0.2, 0.25) is 5.91 Å². The van der Waals surface area contributed by atoms with Crippen molar-refractivity contribution in [2.24, 2.45) is 10.9 Å². The molecule has 1 aromatic carbocycles. The van der Waals surface area contributed by atoms with Crippen LogP contribution in [0.25, 0.3) is 0 Å². The number of hydrogen-bond donors (Lipinski definition) is 3. The highest BCUT2D eigenvalue weighted by atomic mass is 127. The Balaban J connectivity index is 0.00000320. The van der Waals surface area contributed by atoms with E-state index in [0.717, 1.165) is 32.4 Å². The maximum Gasteiger partial charge on any atom is 0.252 e. The highest BCUT2D eigenvalue weighted by molar-refractivity contribution is 14.0. The molecule has 3 N–H and O–H groups in total. The van der Waals surface area contributed by atoms with Gasteiger partial charge in [-0.15, -0.1) is 24.0 Å². The van der Waals surface area contributed by atoms with Crippen molar-refractivity contribution >= 4 is 53.4 Å². The van der Waals surface area contributed by atoms with Crippen molar-refractivity contribution in [1.29, 1.82) is 0 Å². The normalized spacial score (nSPS) is 19.3. The molecule has 1 aromatic rings. The van der Waals surface area contributed by atoms with Crippen LogP contribution in [0, 0.1) is 5.92 Å². The van der Waals surface area contributed by atoms with Gasteiger partial charge in [0, 0.05) is 45.2 Å². The lowest BCUT2D eigenvalue weighted by atomic mass is 10.1. The fourth-order valence-corrected chi connectivity index (χ4v) is 4.22. The van der Waals surface area contributed by atoms with E-state index in [9.17, 15) is 9.59 Å². The van der Waals surface area contributed by atoms with Crippen LogP contribution < -0.4 is 16.0 Å². The molecule has 1 aliphatic heterocycles. The number of likely N-dealkylation sites (tertiary alicyclic amines) is 1. The van der Waals surface area contributed by atoms with Crippen molar-refractivity contribution in [3.05, 3.63) is 34.9 Å². The number of carbonyl (C=O) groups is 2. The topological polar surface area (TPSA) is 85.8 Å². The summed E-state index contributed by atoms with van der Waals surface area (Å²) in [7, 11) is 1.72. The average molecular weight is 548 g/mol. The molecule has 0 bridgehead atoms. The molecular formula is C21H31ClIN5O2. The van der Waals surface area contributed by atoms with Gasteiger partial charge in [0.15, 0.2) is 5.96 Å². The molecule has 1 aliphatic carbocycles. The largest absolute Gasteiger partial charge is 0.355 e. The number of guanidine groups is 1.